The van der Waals surface area contributed by atoms with Gasteiger partial charge in [0, 0.05) is 0 Å². The quantitative estimate of drug-likeness (QED) is 0.569. The number of benzene rings is 1. The van der Waals surface area contributed by atoms with Crippen molar-refractivity contribution in [2.75, 3.05) is 0 Å². The largest absolute Gasteiger partial charge is 0.360 e. The molecule has 1 aliphatic heterocycles. The lowest BCUT2D eigenvalue weighted by Gasteiger charge is -2.07. The molecule has 1 nitrogen and oxygen atoms in total. The molecule has 0 N–H and O–H groups in total. The van der Waals surface area contributed by atoms with Gasteiger partial charge in [-0.15, -0.1) is 0 Å². The van der Waals surface area contributed by atoms with E-state index in [4.69, 9.17) is 4.74 Å². The molecule has 0 aliphatic carbocycles. The summed E-state index contributed by atoms with van der Waals surface area (Å²) >= 11 is 0. The number of epoxide rings is 1. The van der Waals surface area contributed by atoms with E-state index in [1.54, 1.807) is 0 Å². The maximum Gasteiger partial charge on any atom is 0.113 e. The highest BCUT2D eigenvalue weighted by Gasteiger charge is 2.37. The lowest BCUT2D eigenvalue weighted by Crippen LogP contribution is -2.15. The SMILES string of the molecule is Cc1ccc([C@H]2O[C@@H]2/C=C/[Si](C)(C)C)cc1. The average Bonchev–Trinajstić information content (AvgIpc) is 2.94. The van der Waals surface area contributed by atoms with E-state index < -0.39 is 8.07 Å². The summed E-state index contributed by atoms with van der Waals surface area (Å²) in [6.45, 7) is 9.13. The first-order valence-electron chi connectivity index (χ1n) is 5.87. The van der Waals surface area contributed by atoms with Crippen LogP contribution in [0.1, 0.15) is 17.2 Å². The monoisotopic (exact) mass is 232 g/mol. The molecule has 0 aromatic heterocycles. The van der Waals surface area contributed by atoms with Crippen molar-refractivity contribution in [1.82, 2.24) is 0 Å². The molecule has 0 saturated carbocycles. The molecule has 2 atom stereocenters. The van der Waals surface area contributed by atoms with Crippen molar-refractivity contribution in [2.45, 2.75) is 38.8 Å². The third kappa shape index (κ3) is 3.06. The Morgan fingerprint density at radius 2 is 1.75 bits per heavy atom. The van der Waals surface area contributed by atoms with E-state index in [0.717, 1.165) is 0 Å². The molecule has 16 heavy (non-hydrogen) atoms. The molecule has 1 saturated heterocycles. The summed E-state index contributed by atoms with van der Waals surface area (Å²) in [5, 5.41) is 0. The molecule has 2 rings (SSSR count). The zero-order valence-corrected chi connectivity index (χ0v) is 11.5. The zero-order chi connectivity index (χ0) is 11.8. The van der Waals surface area contributed by atoms with Gasteiger partial charge in [0.1, 0.15) is 12.2 Å². The Bertz CT molecular complexity index is 386. The highest BCUT2D eigenvalue weighted by molar-refractivity contribution is 6.80. The summed E-state index contributed by atoms with van der Waals surface area (Å²) in [4.78, 5) is 0. The minimum Gasteiger partial charge on any atom is -0.360 e. The minimum absolute atomic E-state index is 0.299. The Labute approximate surface area is 99.2 Å². The lowest BCUT2D eigenvalue weighted by molar-refractivity contribution is 0.394. The molecular weight excluding hydrogens is 212 g/mol. The molecule has 0 bridgehead atoms. The van der Waals surface area contributed by atoms with E-state index in [0.29, 0.717) is 12.2 Å². The molecule has 1 heterocycles. The fourth-order valence-electron chi connectivity index (χ4n) is 1.68. The summed E-state index contributed by atoms with van der Waals surface area (Å²) in [5.41, 5.74) is 4.97. The van der Waals surface area contributed by atoms with E-state index in [2.05, 4.69) is 62.6 Å². The van der Waals surface area contributed by atoms with Gasteiger partial charge < -0.3 is 4.74 Å². The topological polar surface area (TPSA) is 12.5 Å². The van der Waals surface area contributed by atoms with Gasteiger partial charge in [0.25, 0.3) is 0 Å². The number of hydrogen-bond acceptors (Lipinski definition) is 1. The summed E-state index contributed by atoms with van der Waals surface area (Å²) in [6.07, 6.45) is 2.86. The van der Waals surface area contributed by atoms with Crippen LogP contribution in [0.2, 0.25) is 19.6 Å². The van der Waals surface area contributed by atoms with Crippen molar-refractivity contribution in [3.05, 3.63) is 47.2 Å². The van der Waals surface area contributed by atoms with Crippen LogP contribution in [0.4, 0.5) is 0 Å². The molecule has 86 valence electrons. The van der Waals surface area contributed by atoms with Gasteiger partial charge in [0.15, 0.2) is 0 Å². The molecule has 1 aromatic carbocycles. The second-order valence-corrected chi connectivity index (χ2v) is 10.7. The van der Waals surface area contributed by atoms with Crippen molar-refractivity contribution < 1.29 is 4.74 Å². The van der Waals surface area contributed by atoms with E-state index in [1.165, 1.54) is 11.1 Å². The molecule has 0 spiro atoms. The molecule has 1 aliphatic rings. The minimum atomic E-state index is -1.08. The van der Waals surface area contributed by atoms with Crippen molar-refractivity contribution in [2.24, 2.45) is 0 Å². The first-order chi connectivity index (χ1) is 7.46. The van der Waals surface area contributed by atoms with Crippen LogP contribution >= 0.6 is 0 Å². The van der Waals surface area contributed by atoms with Crippen LogP contribution in [0.3, 0.4) is 0 Å². The smallest absolute Gasteiger partial charge is 0.113 e. The van der Waals surface area contributed by atoms with Crippen LogP contribution in [-0.2, 0) is 4.74 Å². The Morgan fingerprint density at radius 1 is 1.12 bits per heavy atom. The van der Waals surface area contributed by atoms with Gasteiger partial charge in [-0.2, -0.15) is 0 Å². The summed E-state index contributed by atoms with van der Waals surface area (Å²) in [6, 6.07) is 8.64. The maximum absolute atomic E-state index is 5.67. The van der Waals surface area contributed by atoms with Crippen molar-refractivity contribution in [3.63, 3.8) is 0 Å². The van der Waals surface area contributed by atoms with E-state index in [-0.39, 0.29) is 0 Å². The molecular formula is C14H20OSi. The van der Waals surface area contributed by atoms with Gasteiger partial charge in [0.05, 0.1) is 8.07 Å². The fourth-order valence-corrected chi connectivity index (χ4v) is 2.45. The first kappa shape index (κ1) is 11.6. The highest BCUT2D eigenvalue weighted by atomic mass is 28.3. The third-order valence-corrected chi connectivity index (χ3v) is 3.91. The number of hydrogen-bond donors (Lipinski definition) is 0. The van der Waals surface area contributed by atoms with Gasteiger partial charge in [-0.05, 0) is 12.5 Å². The first-order valence-corrected chi connectivity index (χ1v) is 9.45. The van der Waals surface area contributed by atoms with Crippen LogP contribution < -0.4 is 0 Å². The Kier molecular flexibility index (Phi) is 3.04. The zero-order valence-electron chi connectivity index (χ0n) is 10.5. The predicted octanol–water partition coefficient (Wildman–Crippen LogP) is 3.87. The third-order valence-electron chi connectivity index (χ3n) is 2.72. The van der Waals surface area contributed by atoms with E-state index >= 15 is 0 Å². The van der Waals surface area contributed by atoms with Crippen molar-refractivity contribution in [1.29, 1.82) is 0 Å². The summed E-state index contributed by atoms with van der Waals surface area (Å²) < 4.78 is 5.67. The van der Waals surface area contributed by atoms with Crippen LogP contribution in [0.5, 0.6) is 0 Å². The summed E-state index contributed by atoms with van der Waals surface area (Å²) in [7, 11) is -1.08. The normalized spacial score (nSPS) is 25.0. The van der Waals surface area contributed by atoms with Crippen molar-refractivity contribution in [3.8, 4) is 0 Å². The number of aryl methyl sites for hydroxylation is 1. The highest BCUT2D eigenvalue weighted by Crippen LogP contribution is 2.39. The van der Waals surface area contributed by atoms with E-state index in [1.807, 2.05) is 0 Å². The maximum atomic E-state index is 5.67. The van der Waals surface area contributed by atoms with Gasteiger partial charge in [0.2, 0.25) is 0 Å². The predicted molar refractivity (Wildman–Crippen MR) is 71.3 cm³/mol. The van der Waals surface area contributed by atoms with Gasteiger partial charge in [-0.25, -0.2) is 0 Å². The molecule has 2 heteroatoms. The second kappa shape index (κ2) is 4.19. The van der Waals surface area contributed by atoms with Crippen LogP contribution in [0.25, 0.3) is 0 Å². The van der Waals surface area contributed by atoms with Crippen LogP contribution in [0, 0.1) is 6.92 Å². The Hall–Kier alpha value is -0.863. The van der Waals surface area contributed by atoms with Gasteiger partial charge in [-0.3, -0.25) is 0 Å². The average molecular weight is 232 g/mol. The van der Waals surface area contributed by atoms with Crippen LogP contribution in [-0.4, -0.2) is 14.2 Å². The Morgan fingerprint density at radius 3 is 2.31 bits per heavy atom. The second-order valence-electron chi connectivity index (χ2n) is 5.66. The van der Waals surface area contributed by atoms with Gasteiger partial charge in [-0.1, -0.05) is 61.2 Å². The molecule has 1 aromatic rings. The Balaban J connectivity index is 1.97. The van der Waals surface area contributed by atoms with Gasteiger partial charge >= 0.3 is 0 Å². The number of ether oxygens (including phenoxy) is 1. The molecule has 0 amide bonds. The van der Waals surface area contributed by atoms with E-state index in [9.17, 15) is 0 Å². The molecule has 1 fully saturated rings. The number of rotatable bonds is 3. The summed E-state index contributed by atoms with van der Waals surface area (Å²) in [5.74, 6) is 0. The standard InChI is InChI=1S/C14H20OSi/c1-11-5-7-12(8-6-11)14-13(15-14)9-10-16(2,3)4/h5-10,13-14H,1-4H3/b10-9+/t13-,14-/m1/s1. The molecule has 0 unspecified atom stereocenters. The van der Waals surface area contributed by atoms with Crippen molar-refractivity contribution >= 4 is 8.07 Å². The van der Waals surface area contributed by atoms with Crippen LogP contribution in [0.15, 0.2) is 36.0 Å². The molecule has 0 radical (unpaired) electrons. The fraction of sp³-hybridized carbons (Fsp3) is 0.429. The lowest BCUT2D eigenvalue weighted by atomic mass is 10.1.